The number of likely N-dealkylation sites (N-methyl/N-ethyl adjacent to an activating group) is 2. The molecule has 0 heterocycles. The zero-order valence-electron chi connectivity index (χ0n) is 11.6. The molecule has 18 heavy (non-hydrogen) atoms. The molecule has 0 bridgehead atoms. The minimum atomic E-state index is 0.105. The number of benzene rings is 1. The van der Waals surface area contributed by atoms with Crippen molar-refractivity contribution in [3.8, 4) is 5.75 Å². The monoisotopic (exact) mass is 250 g/mol. The molecule has 0 fully saturated rings. The third kappa shape index (κ3) is 5.19. The second-order valence-electron chi connectivity index (χ2n) is 4.69. The number of carbonyl (C=O) groups is 1. The second kappa shape index (κ2) is 7.01. The minimum Gasteiger partial charge on any atom is -0.492 e. The Morgan fingerprint density at radius 1 is 1.28 bits per heavy atom. The van der Waals surface area contributed by atoms with Crippen molar-refractivity contribution in [2.75, 3.05) is 40.8 Å². The molecule has 0 atom stereocenters. The van der Waals surface area contributed by atoms with Gasteiger partial charge in [0, 0.05) is 20.6 Å². The predicted octanol–water partition coefficient (Wildman–Crippen LogP) is 1.39. The van der Waals surface area contributed by atoms with Gasteiger partial charge in [-0.2, -0.15) is 0 Å². The number of carbonyl (C=O) groups excluding carboxylic acids is 1. The average molecular weight is 250 g/mol. The fourth-order valence-corrected chi connectivity index (χ4v) is 1.48. The van der Waals surface area contributed by atoms with Gasteiger partial charge in [-0.05, 0) is 31.7 Å². The van der Waals surface area contributed by atoms with Gasteiger partial charge in [-0.3, -0.25) is 9.69 Å². The number of hydrogen-bond donors (Lipinski definition) is 0. The fourth-order valence-electron chi connectivity index (χ4n) is 1.48. The van der Waals surface area contributed by atoms with E-state index in [0.29, 0.717) is 13.2 Å². The van der Waals surface area contributed by atoms with E-state index in [2.05, 4.69) is 0 Å². The van der Waals surface area contributed by atoms with Crippen LogP contribution in [0.25, 0.3) is 0 Å². The molecule has 0 radical (unpaired) electrons. The first-order valence-electron chi connectivity index (χ1n) is 6.07. The van der Waals surface area contributed by atoms with Crippen molar-refractivity contribution in [2.24, 2.45) is 0 Å². The summed E-state index contributed by atoms with van der Waals surface area (Å²) in [6, 6.07) is 7.96. The number of amides is 1. The zero-order valence-corrected chi connectivity index (χ0v) is 11.6. The standard InChI is InChI=1S/C14H22N2O2/c1-12-6-5-7-13(10-12)18-9-8-16(4)11-14(17)15(2)3/h5-7,10H,8-9,11H2,1-4H3. The number of hydrogen-bond acceptors (Lipinski definition) is 3. The van der Waals surface area contributed by atoms with E-state index >= 15 is 0 Å². The third-order valence-corrected chi connectivity index (χ3v) is 2.64. The normalized spacial score (nSPS) is 10.5. The maximum atomic E-state index is 11.5. The van der Waals surface area contributed by atoms with Crippen molar-refractivity contribution in [1.82, 2.24) is 9.80 Å². The van der Waals surface area contributed by atoms with Crippen LogP contribution in [0.4, 0.5) is 0 Å². The first-order chi connectivity index (χ1) is 8.49. The molecule has 0 aliphatic carbocycles. The summed E-state index contributed by atoms with van der Waals surface area (Å²) < 4.78 is 5.63. The lowest BCUT2D eigenvalue weighted by Crippen LogP contribution is -2.36. The summed E-state index contributed by atoms with van der Waals surface area (Å²) in [6.07, 6.45) is 0. The molecule has 100 valence electrons. The van der Waals surface area contributed by atoms with Gasteiger partial charge in [-0.15, -0.1) is 0 Å². The number of nitrogens with zero attached hydrogens (tertiary/aromatic N) is 2. The second-order valence-corrected chi connectivity index (χ2v) is 4.69. The summed E-state index contributed by atoms with van der Waals surface area (Å²) in [4.78, 5) is 15.0. The summed E-state index contributed by atoms with van der Waals surface area (Å²) in [7, 11) is 5.44. The van der Waals surface area contributed by atoms with Crippen LogP contribution in [-0.4, -0.2) is 56.5 Å². The van der Waals surface area contributed by atoms with Crippen LogP contribution >= 0.6 is 0 Å². The van der Waals surface area contributed by atoms with Gasteiger partial charge >= 0.3 is 0 Å². The Labute approximate surface area is 109 Å². The quantitative estimate of drug-likeness (QED) is 0.765. The zero-order chi connectivity index (χ0) is 13.5. The van der Waals surface area contributed by atoms with E-state index in [0.717, 1.165) is 12.3 Å². The van der Waals surface area contributed by atoms with Crippen molar-refractivity contribution in [3.63, 3.8) is 0 Å². The van der Waals surface area contributed by atoms with Crippen molar-refractivity contribution in [2.45, 2.75) is 6.92 Å². The Hall–Kier alpha value is -1.55. The first-order valence-corrected chi connectivity index (χ1v) is 6.07. The van der Waals surface area contributed by atoms with Crippen molar-refractivity contribution >= 4 is 5.91 Å². The highest BCUT2D eigenvalue weighted by molar-refractivity contribution is 5.77. The van der Waals surface area contributed by atoms with Gasteiger partial charge in [0.1, 0.15) is 12.4 Å². The van der Waals surface area contributed by atoms with E-state index in [1.807, 2.05) is 43.1 Å². The summed E-state index contributed by atoms with van der Waals surface area (Å²) >= 11 is 0. The molecule has 0 saturated heterocycles. The molecular weight excluding hydrogens is 228 g/mol. The lowest BCUT2D eigenvalue weighted by molar-refractivity contribution is -0.129. The molecule has 1 aromatic rings. The van der Waals surface area contributed by atoms with Gasteiger partial charge in [0.05, 0.1) is 6.54 Å². The maximum Gasteiger partial charge on any atom is 0.236 e. The molecule has 1 amide bonds. The van der Waals surface area contributed by atoms with Crippen LogP contribution in [0.15, 0.2) is 24.3 Å². The Morgan fingerprint density at radius 2 is 2.00 bits per heavy atom. The number of ether oxygens (including phenoxy) is 1. The molecule has 4 nitrogen and oxygen atoms in total. The molecule has 0 aliphatic rings. The summed E-state index contributed by atoms with van der Waals surface area (Å²) in [5.74, 6) is 0.982. The SMILES string of the molecule is Cc1cccc(OCCN(C)CC(=O)N(C)C)c1. The largest absolute Gasteiger partial charge is 0.492 e. The van der Waals surface area contributed by atoms with Gasteiger partial charge in [-0.1, -0.05) is 12.1 Å². The van der Waals surface area contributed by atoms with E-state index in [-0.39, 0.29) is 5.91 Å². The Bertz CT molecular complexity index is 391. The number of aryl methyl sites for hydroxylation is 1. The van der Waals surface area contributed by atoms with E-state index in [9.17, 15) is 4.79 Å². The van der Waals surface area contributed by atoms with E-state index < -0.39 is 0 Å². The minimum absolute atomic E-state index is 0.105. The molecular formula is C14H22N2O2. The summed E-state index contributed by atoms with van der Waals surface area (Å²) in [6.45, 7) is 3.77. The van der Waals surface area contributed by atoms with Gasteiger partial charge in [-0.25, -0.2) is 0 Å². The summed E-state index contributed by atoms with van der Waals surface area (Å²) in [5, 5.41) is 0. The van der Waals surface area contributed by atoms with Crippen LogP contribution < -0.4 is 4.74 Å². The van der Waals surface area contributed by atoms with Crippen LogP contribution in [-0.2, 0) is 4.79 Å². The Morgan fingerprint density at radius 3 is 2.61 bits per heavy atom. The topological polar surface area (TPSA) is 32.8 Å². The lowest BCUT2D eigenvalue weighted by Gasteiger charge is -2.19. The molecule has 0 saturated carbocycles. The lowest BCUT2D eigenvalue weighted by atomic mass is 10.2. The average Bonchev–Trinajstić information content (AvgIpc) is 2.28. The van der Waals surface area contributed by atoms with Crippen LogP contribution in [0.3, 0.4) is 0 Å². The molecule has 0 aromatic heterocycles. The highest BCUT2D eigenvalue weighted by atomic mass is 16.5. The third-order valence-electron chi connectivity index (χ3n) is 2.64. The Kier molecular flexibility index (Phi) is 5.65. The van der Waals surface area contributed by atoms with Gasteiger partial charge in [0.15, 0.2) is 0 Å². The van der Waals surface area contributed by atoms with E-state index in [4.69, 9.17) is 4.74 Å². The van der Waals surface area contributed by atoms with Gasteiger partial charge in [0.25, 0.3) is 0 Å². The fraction of sp³-hybridized carbons (Fsp3) is 0.500. The molecule has 4 heteroatoms. The molecule has 0 N–H and O–H groups in total. The number of rotatable bonds is 6. The molecule has 0 unspecified atom stereocenters. The predicted molar refractivity (Wildman–Crippen MR) is 72.9 cm³/mol. The van der Waals surface area contributed by atoms with Gasteiger partial charge in [0.2, 0.25) is 5.91 Å². The molecule has 0 spiro atoms. The smallest absolute Gasteiger partial charge is 0.236 e. The van der Waals surface area contributed by atoms with E-state index in [1.165, 1.54) is 5.56 Å². The van der Waals surface area contributed by atoms with Crippen molar-refractivity contribution in [3.05, 3.63) is 29.8 Å². The van der Waals surface area contributed by atoms with Crippen molar-refractivity contribution in [1.29, 1.82) is 0 Å². The highest BCUT2D eigenvalue weighted by Gasteiger charge is 2.07. The molecule has 1 rings (SSSR count). The highest BCUT2D eigenvalue weighted by Crippen LogP contribution is 2.11. The molecule has 1 aromatic carbocycles. The van der Waals surface area contributed by atoms with Crippen LogP contribution in [0, 0.1) is 6.92 Å². The first kappa shape index (κ1) is 14.5. The van der Waals surface area contributed by atoms with Gasteiger partial charge < -0.3 is 9.64 Å². The van der Waals surface area contributed by atoms with Crippen LogP contribution in [0.1, 0.15) is 5.56 Å². The summed E-state index contributed by atoms with van der Waals surface area (Å²) in [5.41, 5.74) is 1.18. The van der Waals surface area contributed by atoms with Crippen molar-refractivity contribution < 1.29 is 9.53 Å². The Balaban J connectivity index is 2.27. The van der Waals surface area contributed by atoms with Crippen LogP contribution in [0.5, 0.6) is 5.75 Å². The van der Waals surface area contributed by atoms with Crippen LogP contribution in [0.2, 0.25) is 0 Å². The molecule has 0 aliphatic heterocycles. The maximum absolute atomic E-state index is 11.5. The van der Waals surface area contributed by atoms with E-state index in [1.54, 1.807) is 19.0 Å².